The van der Waals surface area contributed by atoms with Crippen molar-refractivity contribution < 1.29 is 13.2 Å². The highest BCUT2D eigenvalue weighted by molar-refractivity contribution is 7.89. The van der Waals surface area contributed by atoms with Gasteiger partial charge in [0.1, 0.15) is 0 Å². The van der Waals surface area contributed by atoms with Gasteiger partial charge in [0, 0.05) is 18.0 Å². The van der Waals surface area contributed by atoms with Gasteiger partial charge in [0.05, 0.1) is 10.9 Å². The van der Waals surface area contributed by atoms with Gasteiger partial charge in [0.25, 0.3) is 0 Å². The van der Waals surface area contributed by atoms with Crippen LogP contribution in [0.25, 0.3) is 0 Å². The Labute approximate surface area is 147 Å². The second-order valence-corrected chi connectivity index (χ2v) is 7.35. The van der Waals surface area contributed by atoms with E-state index in [-0.39, 0.29) is 17.2 Å². The van der Waals surface area contributed by atoms with Gasteiger partial charge in [-0.2, -0.15) is 0 Å². The smallest absolute Gasteiger partial charge is 0.241 e. The van der Waals surface area contributed by atoms with E-state index in [9.17, 15) is 13.2 Å². The Balaban J connectivity index is 2.27. The zero-order valence-electron chi connectivity index (χ0n) is 13.2. The summed E-state index contributed by atoms with van der Waals surface area (Å²) < 4.78 is 27.8. The molecule has 5 nitrogen and oxygen atoms in total. The Kier molecular flexibility index (Phi) is 6.36. The molecular weight excluding hydrogens is 348 g/mol. The molecule has 0 aromatic heterocycles. The number of carbonyl (C=O) groups excluding carboxylic acids is 1. The maximum atomic E-state index is 12.6. The van der Waals surface area contributed by atoms with E-state index in [4.69, 9.17) is 11.6 Å². The third-order valence-electron chi connectivity index (χ3n) is 3.39. The Morgan fingerprint density at radius 2 is 1.71 bits per heavy atom. The summed E-state index contributed by atoms with van der Waals surface area (Å²) in [6.07, 6.45) is 0.0185. The van der Waals surface area contributed by atoms with E-state index < -0.39 is 16.1 Å². The van der Waals surface area contributed by atoms with Gasteiger partial charge >= 0.3 is 0 Å². The average molecular weight is 367 g/mol. The van der Waals surface area contributed by atoms with Crippen LogP contribution in [0.4, 0.5) is 0 Å². The molecule has 2 aromatic rings. The summed E-state index contributed by atoms with van der Waals surface area (Å²) >= 11 is 5.80. The van der Waals surface area contributed by atoms with E-state index in [0.29, 0.717) is 11.6 Å². The van der Waals surface area contributed by atoms with Crippen LogP contribution in [0.5, 0.6) is 0 Å². The fourth-order valence-corrected chi connectivity index (χ4v) is 3.59. The highest BCUT2D eigenvalue weighted by atomic mass is 35.5. The Bertz CT molecular complexity index is 777. The summed E-state index contributed by atoms with van der Waals surface area (Å²) in [5.74, 6) is -0.217. The normalized spacial score (nSPS) is 12.6. The van der Waals surface area contributed by atoms with Gasteiger partial charge in [-0.1, -0.05) is 41.9 Å². The summed E-state index contributed by atoms with van der Waals surface area (Å²) in [7, 11) is -3.77. The number of halogens is 1. The van der Waals surface area contributed by atoms with Crippen molar-refractivity contribution in [1.29, 1.82) is 0 Å². The Morgan fingerprint density at radius 3 is 2.29 bits per heavy atom. The quantitative estimate of drug-likeness (QED) is 0.791. The zero-order chi connectivity index (χ0) is 17.6. The van der Waals surface area contributed by atoms with Crippen molar-refractivity contribution in [1.82, 2.24) is 10.0 Å². The highest BCUT2D eigenvalue weighted by Gasteiger charge is 2.23. The van der Waals surface area contributed by atoms with Crippen LogP contribution in [0.1, 0.15) is 24.9 Å². The fourth-order valence-electron chi connectivity index (χ4n) is 2.24. The monoisotopic (exact) mass is 366 g/mol. The molecule has 0 aliphatic carbocycles. The van der Waals surface area contributed by atoms with Gasteiger partial charge in [0.15, 0.2) is 0 Å². The molecule has 1 amide bonds. The first-order chi connectivity index (χ1) is 11.4. The summed E-state index contributed by atoms with van der Waals surface area (Å²) in [4.78, 5) is 12.0. The largest absolute Gasteiger partial charge is 0.356 e. The molecule has 0 heterocycles. The van der Waals surface area contributed by atoms with Crippen LogP contribution in [0.15, 0.2) is 59.5 Å². The van der Waals surface area contributed by atoms with Gasteiger partial charge < -0.3 is 5.32 Å². The SMILES string of the molecule is CCNC(=O)CC(NS(=O)(=O)c1ccc(Cl)cc1)c1ccccc1. The summed E-state index contributed by atoms with van der Waals surface area (Å²) in [5, 5.41) is 3.14. The van der Waals surface area contributed by atoms with Crippen molar-refractivity contribution in [3.8, 4) is 0 Å². The van der Waals surface area contributed by atoms with Crippen LogP contribution in [0.2, 0.25) is 5.02 Å². The van der Waals surface area contributed by atoms with E-state index in [1.165, 1.54) is 24.3 Å². The van der Waals surface area contributed by atoms with Crippen molar-refractivity contribution in [2.45, 2.75) is 24.3 Å². The predicted octanol–water partition coefficient (Wildman–Crippen LogP) is 2.89. The van der Waals surface area contributed by atoms with Gasteiger partial charge in [-0.05, 0) is 36.8 Å². The van der Waals surface area contributed by atoms with Crippen LogP contribution in [0, 0.1) is 0 Å². The first-order valence-corrected chi connectivity index (χ1v) is 9.38. The van der Waals surface area contributed by atoms with Crippen molar-refractivity contribution in [3.63, 3.8) is 0 Å². The number of hydrogen-bond donors (Lipinski definition) is 2. The maximum absolute atomic E-state index is 12.6. The molecule has 2 N–H and O–H groups in total. The van der Waals surface area contributed by atoms with Crippen molar-refractivity contribution in [3.05, 3.63) is 65.2 Å². The number of rotatable bonds is 7. The molecule has 7 heteroatoms. The molecule has 2 rings (SSSR count). The molecule has 1 atom stereocenters. The molecule has 1 unspecified atom stereocenters. The molecular formula is C17H19ClN2O3S. The number of hydrogen-bond acceptors (Lipinski definition) is 3. The van der Waals surface area contributed by atoms with Gasteiger partial charge in [-0.3, -0.25) is 4.79 Å². The summed E-state index contributed by atoms with van der Waals surface area (Å²) in [6.45, 7) is 2.30. The first kappa shape index (κ1) is 18.4. The molecule has 0 aliphatic rings. The Morgan fingerprint density at radius 1 is 1.08 bits per heavy atom. The molecule has 0 saturated carbocycles. The predicted molar refractivity (Wildman–Crippen MR) is 94.3 cm³/mol. The van der Waals surface area contributed by atoms with Crippen LogP contribution < -0.4 is 10.0 Å². The standard InChI is InChI=1S/C17H19ClN2O3S/c1-2-19-17(21)12-16(13-6-4-3-5-7-13)20-24(22,23)15-10-8-14(18)9-11-15/h3-11,16,20H,2,12H2,1H3,(H,19,21). The molecule has 0 spiro atoms. The second kappa shape index (κ2) is 8.28. The number of nitrogens with one attached hydrogen (secondary N) is 2. The summed E-state index contributed by atoms with van der Waals surface area (Å²) in [5.41, 5.74) is 0.723. The number of carbonyl (C=O) groups is 1. The fraction of sp³-hybridized carbons (Fsp3) is 0.235. The minimum absolute atomic E-state index is 0.0185. The molecule has 0 radical (unpaired) electrons. The van der Waals surface area contributed by atoms with Crippen molar-refractivity contribution in [2.75, 3.05) is 6.54 Å². The first-order valence-electron chi connectivity index (χ1n) is 7.52. The molecule has 0 bridgehead atoms. The van der Waals surface area contributed by atoms with E-state index in [1.54, 1.807) is 24.3 Å². The lowest BCUT2D eigenvalue weighted by Crippen LogP contribution is -2.33. The molecule has 128 valence electrons. The van der Waals surface area contributed by atoms with Crippen LogP contribution in [0.3, 0.4) is 0 Å². The van der Waals surface area contributed by atoms with E-state index in [1.807, 2.05) is 13.0 Å². The maximum Gasteiger partial charge on any atom is 0.241 e. The lowest BCUT2D eigenvalue weighted by molar-refractivity contribution is -0.121. The average Bonchev–Trinajstić information content (AvgIpc) is 2.55. The second-order valence-electron chi connectivity index (χ2n) is 5.20. The minimum Gasteiger partial charge on any atom is -0.356 e. The molecule has 0 fully saturated rings. The lowest BCUT2D eigenvalue weighted by atomic mass is 10.0. The van der Waals surface area contributed by atoms with Crippen molar-refractivity contribution in [2.24, 2.45) is 0 Å². The third-order valence-corrected chi connectivity index (χ3v) is 5.13. The zero-order valence-corrected chi connectivity index (χ0v) is 14.8. The molecule has 0 saturated heterocycles. The summed E-state index contributed by atoms with van der Waals surface area (Å²) in [6, 6.07) is 14.2. The van der Waals surface area contributed by atoms with Crippen LogP contribution in [-0.2, 0) is 14.8 Å². The molecule has 0 aliphatic heterocycles. The van der Waals surface area contributed by atoms with Crippen LogP contribution in [-0.4, -0.2) is 20.9 Å². The number of amides is 1. The third kappa shape index (κ3) is 5.06. The number of sulfonamides is 1. The lowest BCUT2D eigenvalue weighted by Gasteiger charge is -2.19. The van der Waals surface area contributed by atoms with Gasteiger partial charge in [-0.15, -0.1) is 0 Å². The van der Waals surface area contributed by atoms with Gasteiger partial charge in [0.2, 0.25) is 15.9 Å². The van der Waals surface area contributed by atoms with E-state index in [2.05, 4.69) is 10.0 Å². The Hall–Kier alpha value is -1.89. The number of benzene rings is 2. The minimum atomic E-state index is -3.77. The van der Waals surface area contributed by atoms with E-state index >= 15 is 0 Å². The van der Waals surface area contributed by atoms with Crippen LogP contribution >= 0.6 is 11.6 Å². The molecule has 2 aromatic carbocycles. The topological polar surface area (TPSA) is 75.3 Å². The molecule has 24 heavy (non-hydrogen) atoms. The van der Waals surface area contributed by atoms with Gasteiger partial charge in [-0.25, -0.2) is 13.1 Å². The van der Waals surface area contributed by atoms with E-state index in [0.717, 1.165) is 5.56 Å². The van der Waals surface area contributed by atoms with Crippen molar-refractivity contribution >= 4 is 27.5 Å². The highest BCUT2D eigenvalue weighted by Crippen LogP contribution is 2.21.